The number of aromatic nitrogens is 2. The monoisotopic (exact) mass is 270 g/mol. The van der Waals surface area contributed by atoms with Crippen molar-refractivity contribution in [1.82, 2.24) is 9.97 Å². The van der Waals surface area contributed by atoms with E-state index in [1.165, 1.54) is 0 Å². The Kier molecular flexibility index (Phi) is 4.49. The van der Waals surface area contributed by atoms with Crippen molar-refractivity contribution in [3.05, 3.63) is 12.0 Å². The number of nitrogens with one attached hydrogen (secondary N) is 2. The molecule has 1 unspecified atom stereocenters. The van der Waals surface area contributed by atoms with Crippen LogP contribution in [0.1, 0.15) is 19.8 Å². The summed E-state index contributed by atoms with van der Waals surface area (Å²) in [5.74, 6) is -0.0705. The molecule has 19 heavy (non-hydrogen) atoms. The molecule has 0 radical (unpaired) electrons. The third-order valence-corrected chi connectivity index (χ3v) is 2.94. The summed E-state index contributed by atoms with van der Waals surface area (Å²) in [4.78, 5) is 7.89. The first-order chi connectivity index (χ1) is 9.13. The van der Waals surface area contributed by atoms with E-state index in [9.17, 15) is 9.50 Å². The Balaban J connectivity index is 1.98. The van der Waals surface area contributed by atoms with Crippen molar-refractivity contribution in [3.8, 4) is 0 Å². The fourth-order valence-corrected chi connectivity index (χ4v) is 1.80. The summed E-state index contributed by atoms with van der Waals surface area (Å²) in [6.45, 7) is 3.73. The van der Waals surface area contributed by atoms with E-state index in [1.807, 2.05) is 6.92 Å². The molecule has 1 saturated heterocycles. The molecule has 2 rings (SSSR count). The van der Waals surface area contributed by atoms with Gasteiger partial charge in [0.2, 0.25) is 5.95 Å². The van der Waals surface area contributed by atoms with E-state index in [1.54, 1.807) is 0 Å². The van der Waals surface area contributed by atoms with Crippen LogP contribution in [0.5, 0.6) is 0 Å². The topological polar surface area (TPSA) is 79.3 Å². The maximum Gasteiger partial charge on any atom is 0.224 e. The molecule has 2 heterocycles. The van der Waals surface area contributed by atoms with Crippen LogP contribution in [0.3, 0.4) is 0 Å². The van der Waals surface area contributed by atoms with Crippen LogP contribution in [0.2, 0.25) is 0 Å². The normalized spacial score (nSPS) is 22.5. The lowest BCUT2D eigenvalue weighted by molar-refractivity contribution is 0.0381. The predicted octanol–water partition coefficient (Wildman–Crippen LogP) is 1.00. The Labute approximate surface area is 111 Å². The molecular weight excluding hydrogens is 251 g/mol. The number of halogens is 1. The lowest BCUT2D eigenvalue weighted by Gasteiger charge is -2.21. The van der Waals surface area contributed by atoms with Crippen molar-refractivity contribution in [2.24, 2.45) is 0 Å². The molecule has 1 aromatic rings. The highest BCUT2D eigenvalue weighted by Crippen LogP contribution is 2.20. The van der Waals surface area contributed by atoms with Gasteiger partial charge in [0.25, 0.3) is 0 Å². The first-order valence-electron chi connectivity index (χ1n) is 6.43. The Hall–Kier alpha value is -1.47. The molecule has 1 atom stereocenters. The molecule has 0 aromatic carbocycles. The Morgan fingerprint density at radius 1 is 1.53 bits per heavy atom. The summed E-state index contributed by atoms with van der Waals surface area (Å²) in [5.41, 5.74) is -0.950. The number of ether oxygens (including phenoxy) is 1. The van der Waals surface area contributed by atoms with Gasteiger partial charge in [0.05, 0.1) is 12.8 Å². The minimum atomic E-state index is -0.950. The van der Waals surface area contributed by atoms with Crippen LogP contribution in [-0.2, 0) is 4.74 Å². The average molecular weight is 270 g/mol. The predicted molar refractivity (Wildman–Crippen MR) is 69.6 cm³/mol. The maximum absolute atomic E-state index is 13.6. The second-order valence-corrected chi connectivity index (χ2v) is 4.70. The molecule has 6 nitrogen and oxygen atoms in total. The maximum atomic E-state index is 13.6. The molecule has 1 aromatic heterocycles. The Morgan fingerprint density at radius 3 is 3.05 bits per heavy atom. The minimum Gasteiger partial charge on any atom is -0.386 e. The van der Waals surface area contributed by atoms with Crippen LogP contribution in [0.25, 0.3) is 0 Å². The highest BCUT2D eigenvalue weighted by atomic mass is 19.1. The molecule has 106 valence electrons. The number of hydrogen-bond donors (Lipinski definition) is 3. The fourth-order valence-electron chi connectivity index (χ4n) is 1.80. The molecule has 0 amide bonds. The van der Waals surface area contributed by atoms with E-state index >= 15 is 0 Å². The van der Waals surface area contributed by atoms with Crippen LogP contribution < -0.4 is 10.6 Å². The van der Waals surface area contributed by atoms with Gasteiger partial charge in [-0.3, -0.25) is 0 Å². The van der Waals surface area contributed by atoms with Crippen molar-refractivity contribution in [1.29, 1.82) is 0 Å². The van der Waals surface area contributed by atoms with Gasteiger partial charge in [-0.1, -0.05) is 6.92 Å². The van der Waals surface area contributed by atoms with Crippen molar-refractivity contribution < 1.29 is 14.2 Å². The largest absolute Gasteiger partial charge is 0.386 e. The zero-order valence-corrected chi connectivity index (χ0v) is 10.9. The van der Waals surface area contributed by atoms with Crippen LogP contribution in [0.15, 0.2) is 6.20 Å². The molecule has 0 saturated carbocycles. The van der Waals surface area contributed by atoms with Gasteiger partial charge in [-0.2, -0.15) is 4.98 Å². The summed E-state index contributed by atoms with van der Waals surface area (Å²) in [5, 5.41) is 15.9. The lowest BCUT2D eigenvalue weighted by Crippen LogP contribution is -2.37. The molecule has 0 bridgehead atoms. The number of nitrogens with zero attached hydrogens (tertiary/aromatic N) is 2. The van der Waals surface area contributed by atoms with Crippen LogP contribution in [0.4, 0.5) is 16.2 Å². The molecule has 7 heteroatoms. The van der Waals surface area contributed by atoms with Crippen molar-refractivity contribution in [2.45, 2.75) is 25.4 Å². The van der Waals surface area contributed by atoms with E-state index in [0.717, 1.165) is 19.2 Å². The zero-order valence-electron chi connectivity index (χ0n) is 10.9. The van der Waals surface area contributed by atoms with Crippen LogP contribution >= 0.6 is 0 Å². The van der Waals surface area contributed by atoms with Gasteiger partial charge in [0, 0.05) is 26.1 Å². The summed E-state index contributed by atoms with van der Waals surface area (Å²) < 4.78 is 18.7. The summed E-state index contributed by atoms with van der Waals surface area (Å²) in [6.07, 6.45) is 2.58. The van der Waals surface area contributed by atoms with Crippen molar-refractivity contribution in [2.75, 3.05) is 36.9 Å². The van der Waals surface area contributed by atoms with E-state index < -0.39 is 11.4 Å². The lowest BCUT2D eigenvalue weighted by atomic mass is 10.0. The minimum absolute atomic E-state index is 0.0916. The van der Waals surface area contributed by atoms with E-state index in [-0.39, 0.29) is 19.0 Å². The summed E-state index contributed by atoms with van der Waals surface area (Å²) in [6, 6.07) is 0. The van der Waals surface area contributed by atoms with Crippen molar-refractivity contribution in [3.63, 3.8) is 0 Å². The first-order valence-corrected chi connectivity index (χ1v) is 6.43. The van der Waals surface area contributed by atoms with Gasteiger partial charge in [0.1, 0.15) is 5.60 Å². The van der Waals surface area contributed by atoms with Gasteiger partial charge in [-0.15, -0.1) is 0 Å². The highest BCUT2D eigenvalue weighted by Gasteiger charge is 2.32. The van der Waals surface area contributed by atoms with Gasteiger partial charge in [-0.25, -0.2) is 9.37 Å². The summed E-state index contributed by atoms with van der Waals surface area (Å²) in [7, 11) is 0. The van der Waals surface area contributed by atoms with Gasteiger partial charge in [-0.05, 0) is 6.42 Å². The molecule has 1 aliphatic rings. The molecule has 1 aliphatic heterocycles. The second kappa shape index (κ2) is 6.12. The fraction of sp³-hybridized carbons (Fsp3) is 0.667. The number of hydrogen-bond acceptors (Lipinski definition) is 6. The Bertz CT molecular complexity index is 424. The van der Waals surface area contributed by atoms with E-state index in [4.69, 9.17) is 4.74 Å². The SMILES string of the molecule is CCCNc1ncc(F)c(NCC2(O)CCOC2)n1. The van der Waals surface area contributed by atoms with Gasteiger partial charge in [0.15, 0.2) is 11.6 Å². The Morgan fingerprint density at radius 2 is 2.37 bits per heavy atom. The average Bonchev–Trinajstić information content (AvgIpc) is 2.84. The van der Waals surface area contributed by atoms with E-state index in [2.05, 4.69) is 20.6 Å². The van der Waals surface area contributed by atoms with Gasteiger partial charge >= 0.3 is 0 Å². The second-order valence-electron chi connectivity index (χ2n) is 4.70. The molecular formula is C12H19FN4O2. The zero-order chi connectivity index (χ0) is 13.7. The molecule has 1 fully saturated rings. The quantitative estimate of drug-likeness (QED) is 0.715. The highest BCUT2D eigenvalue weighted by molar-refractivity contribution is 5.41. The van der Waals surface area contributed by atoms with Crippen LogP contribution in [0, 0.1) is 5.82 Å². The third-order valence-electron chi connectivity index (χ3n) is 2.94. The van der Waals surface area contributed by atoms with Crippen molar-refractivity contribution >= 4 is 11.8 Å². The molecule has 3 N–H and O–H groups in total. The summed E-state index contributed by atoms with van der Waals surface area (Å²) >= 11 is 0. The van der Waals surface area contributed by atoms with Crippen LogP contribution in [-0.4, -0.2) is 47.0 Å². The first kappa shape index (κ1) is 14.0. The number of aliphatic hydroxyl groups is 1. The molecule has 0 spiro atoms. The molecule has 0 aliphatic carbocycles. The standard InChI is InChI=1S/C12H19FN4O2/c1-2-4-14-11-15-6-9(13)10(17-11)16-7-12(18)3-5-19-8-12/h6,18H,2-5,7-8H2,1H3,(H2,14,15,16,17). The van der Waals surface area contributed by atoms with E-state index in [0.29, 0.717) is 19.0 Å². The third kappa shape index (κ3) is 3.74. The van der Waals surface area contributed by atoms with Gasteiger partial charge < -0.3 is 20.5 Å². The smallest absolute Gasteiger partial charge is 0.224 e. The number of rotatable bonds is 6. The number of anilines is 2.